The quantitative estimate of drug-likeness (QED) is 0.708. The van der Waals surface area contributed by atoms with Gasteiger partial charge in [0.05, 0.1) is 16.2 Å². The van der Waals surface area contributed by atoms with Crippen LogP contribution < -0.4 is 11.0 Å². The minimum atomic E-state index is -3.47. The summed E-state index contributed by atoms with van der Waals surface area (Å²) in [7, 11) is -3.47. The van der Waals surface area contributed by atoms with E-state index < -0.39 is 15.7 Å². The van der Waals surface area contributed by atoms with Crippen molar-refractivity contribution in [3.05, 3.63) is 46.1 Å². The van der Waals surface area contributed by atoms with Gasteiger partial charge in [-0.1, -0.05) is 19.1 Å². The molecule has 1 aromatic carbocycles. The number of aromatic nitrogens is 3. The molecular weight excluding hydrogens is 368 g/mol. The van der Waals surface area contributed by atoms with Gasteiger partial charge in [-0.05, 0) is 31.4 Å². The van der Waals surface area contributed by atoms with Crippen LogP contribution in [0.5, 0.6) is 0 Å². The summed E-state index contributed by atoms with van der Waals surface area (Å²) < 4.78 is 27.5. The van der Waals surface area contributed by atoms with E-state index in [0.29, 0.717) is 26.1 Å². The Bertz CT molecular complexity index is 991. The van der Waals surface area contributed by atoms with Crippen molar-refractivity contribution in [3.63, 3.8) is 0 Å². The summed E-state index contributed by atoms with van der Waals surface area (Å²) in [5, 5.41) is 7.09. The Morgan fingerprint density at radius 2 is 2.04 bits per heavy atom. The van der Waals surface area contributed by atoms with E-state index in [4.69, 9.17) is 0 Å². The second-order valence-corrected chi connectivity index (χ2v) is 8.79. The SMILES string of the molecule is CCS(=O)(=O)c1ccccc1C(=O)NCCCn1nc2n(c1=O)CCCC2. The number of sulfone groups is 1. The molecule has 1 N–H and O–H groups in total. The fraction of sp³-hybridized carbons (Fsp3) is 0.500. The number of benzene rings is 1. The zero-order chi connectivity index (χ0) is 19.4. The lowest BCUT2D eigenvalue weighted by Crippen LogP contribution is -2.30. The predicted octanol–water partition coefficient (Wildman–Crippen LogP) is 0.995. The molecule has 2 heterocycles. The molecule has 1 amide bonds. The van der Waals surface area contributed by atoms with E-state index in [1.54, 1.807) is 23.6 Å². The second kappa shape index (κ2) is 8.08. The maximum atomic E-state index is 12.4. The zero-order valence-corrected chi connectivity index (χ0v) is 16.2. The molecule has 1 aliphatic heterocycles. The number of carbonyl (C=O) groups excluding carboxylic acids is 1. The van der Waals surface area contributed by atoms with E-state index >= 15 is 0 Å². The van der Waals surface area contributed by atoms with Crippen LogP contribution in [0.15, 0.2) is 34.0 Å². The van der Waals surface area contributed by atoms with Crippen molar-refractivity contribution < 1.29 is 13.2 Å². The lowest BCUT2D eigenvalue weighted by Gasteiger charge is -2.10. The minimum absolute atomic E-state index is 0.0444. The van der Waals surface area contributed by atoms with Crippen molar-refractivity contribution in [2.24, 2.45) is 0 Å². The van der Waals surface area contributed by atoms with Crippen LogP contribution in [-0.2, 0) is 29.3 Å². The molecule has 0 bridgehead atoms. The Labute approximate surface area is 158 Å². The van der Waals surface area contributed by atoms with E-state index in [-0.39, 0.29) is 21.9 Å². The Morgan fingerprint density at radius 1 is 1.26 bits per heavy atom. The van der Waals surface area contributed by atoms with E-state index in [1.165, 1.54) is 16.8 Å². The highest BCUT2D eigenvalue weighted by atomic mass is 32.2. The average molecular weight is 392 g/mol. The van der Waals surface area contributed by atoms with Crippen LogP contribution in [0.2, 0.25) is 0 Å². The van der Waals surface area contributed by atoms with Crippen LogP contribution in [-0.4, -0.2) is 41.0 Å². The van der Waals surface area contributed by atoms with Crippen LogP contribution in [0, 0.1) is 0 Å². The highest BCUT2D eigenvalue weighted by Gasteiger charge is 2.20. The zero-order valence-electron chi connectivity index (χ0n) is 15.3. The van der Waals surface area contributed by atoms with Crippen molar-refractivity contribution in [2.45, 2.75) is 50.6 Å². The molecule has 0 spiro atoms. The van der Waals surface area contributed by atoms with Crippen LogP contribution in [0.4, 0.5) is 0 Å². The van der Waals surface area contributed by atoms with Gasteiger partial charge in [-0.15, -0.1) is 0 Å². The molecule has 146 valence electrons. The van der Waals surface area contributed by atoms with Gasteiger partial charge in [0, 0.05) is 26.1 Å². The molecule has 0 saturated carbocycles. The Balaban J connectivity index is 1.60. The average Bonchev–Trinajstić information content (AvgIpc) is 3.01. The van der Waals surface area contributed by atoms with Gasteiger partial charge in [-0.25, -0.2) is 17.9 Å². The van der Waals surface area contributed by atoms with Crippen LogP contribution >= 0.6 is 0 Å². The fourth-order valence-corrected chi connectivity index (χ4v) is 4.29. The van der Waals surface area contributed by atoms with Crippen LogP contribution in [0.1, 0.15) is 42.4 Å². The van der Waals surface area contributed by atoms with Gasteiger partial charge in [-0.2, -0.15) is 5.10 Å². The molecule has 1 aromatic heterocycles. The second-order valence-electron chi connectivity index (χ2n) is 6.54. The third kappa shape index (κ3) is 4.13. The summed E-state index contributed by atoms with van der Waals surface area (Å²) in [6.07, 6.45) is 3.40. The van der Waals surface area contributed by atoms with Gasteiger partial charge in [0.25, 0.3) is 5.91 Å². The summed E-state index contributed by atoms with van der Waals surface area (Å²) >= 11 is 0. The van der Waals surface area contributed by atoms with Crippen molar-refractivity contribution in [1.29, 1.82) is 0 Å². The molecule has 9 heteroatoms. The van der Waals surface area contributed by atoms with Crippen LogP contribution in [0.3, 0.4) is 0 Å². The van der Waals surface area contributed by atoms with Gasteiger partial charge >= 0.3 is 5.69 Å². The summed E-state index contributed by atoms with van der Waals surface area (Å²) in [4.78, 5) is 24.7. The predicted molar refractivity (Wildman–Crippen MR) is 101 cm³/mol. The number of fused-ring (bicyclic) bond motifs is 1. The Kier molecular flexibility index (Phi) is 5.79. The highest BCUT2D eigenvalue weighted by Crippen LogP contribution is 2.17. The van der Waals surface area contributed by atoms with Crippen LogP contribution in [0.25, 0.3) is 0 Å². The molecule has 2 aromatic rings. The van der Waals surface area contributed by atoms with E-state index in [9.17, 15) is 18.0 Å². The summed E-state index contributed by atoms with van der Waals surface area (Å²) in [6, 6.07) is 6.19. The van der Waals surface area contributed by atoms with Crippen molar-refractivity contribution in [3.8, 4) is 0 Å². The Morgan fingerprint density at radius 3 is 2.78 bits per heavy atom. The normalized spacial score (nSPS) is 14.0. The van der Waals surface area contributed by atoms with Crippen molar-refractivity contribution in [2.75, 3.05) is 12.3 Å². The van der Waals surface area contributed by atoms with Crippen molar-refractivity contribution >= 4 is 15.7 Å². The first kappa shape index (κ1) is 19.3. The molecule has 0 unspecified atom stereocenters. The van der Waals surface area contributed by atoms with Gasteiger partial charge in [-0.3, -0.25) is 9.36 Å². The maximum absolute atomic E-state index is 12.4. The lowest BCUT2D eigenvalue weighted by molar-refractivity contribution is 0.0949. The first-order valence-corrected chi connectivity index (χ1v) is 10.9. The topological polar surface area (TPSA) is 103 Å². The fourth-order valence-electron chi connectivity index (χ4n) is 3.20. The molecule has 0 atom stereocenters. The first-order valence-electron chi connectivity index (χ1n) is 9.20. The van der Waals surface area contributed by atoms with E-state index in [2.05, 4.69) is 10.4 Å². The van der Waals surface area contributed by atoms with Gasteiger partial charge in [0.15, 0.2) is 9.84 Å². The van der Waals surface area contributed by atoms with E-state index in [0.717, 1.165) is 25.1 Å². The summed E-state index contributed by atoms with van der Waals surface area (Å²) in [5.41, 5.74) is 0.0457. The number of amides is 1. The first-order chi connectivity index (χ1) is 12.9. The minimum Gasteiger partial charge on any atom is -0.352 e. The van der Waals surface area contributed by atoms with Crippen molar-refractivity contribution in [1.82, 2.24) is 19.7 Å². The van der Waals surface area contributed by atoms with E-state index in [1.807, 2.05) is 0 Å². The summed E-state index contributed by atoms with van der Waals surface area (Å²) in [5.74, 6) is 0.332. The molecular formula is C18H24N4O4S. The highest BCUT2D eigenvalue weighted by molar-refractivity contribution is 7.91. The third-order valence-electron chi connectivity index (χ3n) is 4.71. The smallest absolute Gasteiger partial charge is 0.345 e. The molecule has 0 radical (unpaired) electrons. The van der Waals surface area contributed by atoms with Gasteiger partial charge in [0.1, 0.15) is 5.82 Å². The number of carbonyl (C=O) groups is 1. The number of nitrogens with one attached hydrogen (secondary N) is 1. The summed E-state index contributed by atoms with van der Waals surface area (Å²) in [6.45, 7) is 3.00. The molecule has 0 saturated heterocycles. The molecule has 0 aliphatic carbocycles. The monoisotopic (exact) mass is 392 g/mol. The van der Waals surface area contributed by atoms with Gasteiger partial charge in [0.2, 0.25) is 0 Å². The number of hydrogen-bond acceptors (Lipinski definition) is 5. The molecule has 0 fully saturated rings. The molecule has 8 nitrogen and oxygen atoms in total. The number of rotatable bonds is 7. The third-order valence-corrected chi connectivity index (χ3v) is 6.50. The molecule has 3 rings (SSSR count). The number of aryl methyl sites for hydroxylation is 2. The Hall–Kier alpha value is -2.42. The largest absolute Gasteiger partial charge is 0.352 e. The van der Waals surface area contributed by atoms with Gasteiger partial charge < -0.3 is 5.32 Å². The number of nitrogens with zero attached hydrogens (tertiary/aromatic N) is 3. The molecule has 1 aliphatic rings. The lowest BCUT2D eigenvalue weighted by atomic mass is 10.2. The molecule has 27 heavy (non-hydrogen) atoms. The number of hydrogen-bond donors (Lipinski definition) is 1. The maximum Gasteiger partial charge on any atom is 0.345 e. The standard InChI is InChI=1S/C18H24N4O4S/c1-2-27(25,26)15-9-4-3-8-14(15)17(23)19-11-7-13-22-18(24)21-12-6-5-10-16(21)20-22/h3-4,8-9H,2,5-7,10-13H2,1H3,(H,19,23).